The lowest BCUT2D eigenvalue weighted by atomic mass is 10.0. The van der Waals surface area contributed by atoms with Crippen molar-refractivity contribution in [3.8, 4) is 17.5 Å². The van der Waals surface area contributed by atoms with Gasteiger partial charge in [0.05, 0.1) is 16.6 Å². The standard InChI is InChI=1S/C22H21N5O4/c1-3-23-19-17-16(8-11-24-19)27(25-18(17)20(28)29)15-6-4-5-14(13-15)7-9-22(31)10-12-26(2)21(22)30/h4-6,8,11,13,31H,3,10,12H2,1-2H3,(H,23,24)(H,28,29)/t22-/m0/s1. The van der Waals surface area contributed by atoms with E-state index in [0.29, 0.717) is 41.1 Å². The van der Waals surface area contributed by atoms with Crippen molar-refractivity contribution in [1.29, 1.82) is 0 Å². The van der Waals surface area contributed by atoms with Crippen LogP contribution in [0.2, 0.25) is 0 Å². The molecule has 1 aliphatic rings. The Bertz CT molecular complexity index is 1260. The number of nitrogens with zero attached hydrogens (tertiary/aromatic N) is 4. The third-order valence-corrected chi connectivity index (χ3v) is 5.15. The minimum absolute atomic E-state index is 0.107. The molecule has 0 spiro atoms. The minimum atomic E-state index is -1.69. The molecule has 3 N–H and O–H groups in total. The molecule has 0 aliphatic carbocycles. The molecule has 4 rings (SSSR count). The number of hydrogen-bond acceptors (Lipinski definition) is 6. The molecule has 0 radical (unpaired) electrons. The number of nitrogens with one attached hydrogen (secondary N) is 1. The van der Waals surface area contributed by atoms with E-state index in [1.54, 1.807) is 43.6 Å². The van der Waals surface area contributed by atoms with Gasteiger partial charge in [0, 0.05) is 38.3 Å². The molecule has 3 heterocycles. The highest BCUT2D eigenvalue weighted by Gasteiger charge is 2.42. The molecule has 1 aromatic carbocycles. The highest BCUT2D eigenvalue weighted by atomic mass is 16.4. The van der Waals surface area contributed by atoms with E-state index in [2.05, 4.69) is 27.2 Å². The van der Waals surface area contributed by atoms with E-state index in [-0.39, 0.29) is 12.1 Å². The fraction of sp³-hybridized carbons (Fsp3) is 0.273. The van der Waals surface area contributed by atoms with Gasteiger partial charge in [0.2, 0.25) is 5.60 Å². The normalized spacial score (nSPS) is 18.2. The number of rotatable bonds is 4. The number of likely N-dealkylation sites (N-methyl/N-ethyl adjacent to an activating group) is 1. The predicted octanol–water partition coefficient (Wildman–Crippen LogP) is 1.50. The highest BCUT2D eigenvalue weighted by molar-refractivity contribution is 6.06. The van der Waals surface area contributed by atoms with Crippen molar-refractivity contribution >= 4 is 28.6 Å². The topological polar surface area (TPSA) is 121 Å². The van der Waals surface area contributed by atoms with Crippen molar-refractivity contribution < 1.29 is 19.8 Å². The summed E-state index contributed by atoms with van der Waals surface area (Å²) in [6.07, 6.45) is 1.84. The van der Waals surface area contributed by atoms with Gasteiger partial charge in [-0.2, -0.15) is 5.10 Å². The van der Waals surface area contributed by atoms with Gasteiger partial charge in [0.25, 0.3) is 5.91 Å². The third kappa shape index (κ3) is 3.58. The number of carbonyl (C=O) groups is 2. The van der Waals surface area contributed by atoms with Gasteiger partial charge >= 0.3 is 5.97 Å². The average molecular weight is 419 g/mol. The van der Waals surface area contributed by atoms with Crippen LogP contribution in [-0.4, -0.2) is 67.5 Å². The Morgan fingerprint density at radius 3 is 2.84 bits per heavy atom. The number of hydrogen-bond donors (Lipinski definition) is 3. The van der Waals surface area contributed by atoms with Crippen LogP contribution >= 0.6 is 0 Å². The molecule has 31 heavy (non-hydrogen) atoms. The van der Waals surface area contributed by atoms with Crippen LogP contribution in [0.25, 0.3) is 16.6 Å². The lowest BCUT2D eigenvalue weighted by Crippen LogP contribution is -2.37. The van der Waals surface area contributed by atoms with Crippen LogP contribution in [0.3, 0.4) is 0 Å². The van der Waals surface area contributed by atoms with E-state index >= 15 is 0 Å². The minimum Gasteiger partial charge on any atom is -0.476 e. The van der Waals surface area contributed by atoms with Crippen molar-refractivity contribution in [3.05, 3.63) is 47.8 Å². The van der Waals surface area contributed by atoms with E-state index in [1.807, 2.05) is 6.92 Å². The Kier molecular flexibility index (Phi) is 5.09. The SMILES string of the molecule is CCNc1nccc2c1c(C(=O)O)nn2-c1cccc(C#C[C@]2(O)CCN(C)C2=O)c1. The lowest BCUT2D eigenvalue weighted by molar-refractivity contribution is -0.137. The smallest absolute Gasteiger partial charge is 0.357 e. The van der Waals surface area contributed by atoms with Gasteiger partial charge in [-0.3, -0.25) is 4.79 Å². The number of benzene rings is 1. The van der Waals surface area contributed by atoms with Crippen LogP contribution in [0.1, 0.15) is 29.4 Å². The number of likely N-dealkylation sites (tertiary alicyclic amines) is 1. The maximum absolute atomic E-state index is 12.1. The summed E-state index contributed by atoms with van der Waals surface area (Å²) in [6, 6.07) is 8.71. The Morgan fingerprint density at radius 2 is 2.16 bits per heavy atom. The summed E-state index contributed by atoms with van der Waals surface area (Å²) in [5.41, 5.74) is -0.0508. The summed E-state index contributed by atoms with van der Waals surface area (Å²) in [7, 11) is 1.63. The molecule has 0 saturated carbocycles. The van der Waals surface area contributed by atoms with Crippen molar-refractivity contribution in [3.63, 3.8) is 0 Å². The molecule has 2 aromatic heterocycles. The van der Waals surface area contributed by atoms with Crippen LogP contribution in [-0.2, 0) is 4.79 Å². The molecule has 0 bridgehead atoms. The van der Waals surface area contributed by atoms with Crippen LogP contribution in [0, 0.1) is 11.8 Å². The number of carboxylic acid groups (broad SMARTS) is 1. The first kappa shape index (κ1) is 20.4. The number of anilines is 1. The molecular formula is C22H21N5O4. The van der Waals surface area contributed by atoms with Crippen LogP contribution in [0.15, 0.2) is 36.5 Å². The average Bonchev–Trinajstić information content (AvgIpc) is 3.28. The van der Waals surface area contributed by atoms with Gasteiger partial charge in [0.15, 0.2) is 5.69 Å². The van der Waals surface area contributed by atoms with Gasteiger partial charge in [-0.15, -0.1) is 0 Å². The first-order chi connectivity index (χ1) is 14.8. The maximum Gasteiger partial charge on any atom is 0.357 e. The maximum atomic E-state index is 12.1. The summed E-state index contributed by atoms with van der Waals surface area (Å²) in [6.45, 7) is 2.93. The van der Waals surface area contributed by atoms with Gasteiger partial charge in [-0.1, -0.05) is 17.9 Å². The summed E-state index contributed by atoms with van der Waals surface area (Å²) >= 11 is 0. The van der Waals surface area contributed by atoms with E-state index < -0.39 is 17.5 Å². The monoisotopic (exact) mass is 419 g/mol. The summed E-state index contributed by atoms with van der Waals surface area (Å²) < 4.78 is 1.52. The molecule has 1 atom stereocenters. The van der Waals surface area contributed by atoms with Crippen LogP contribution in [0.4, 0.5) is 5.82 Å². The summed E-state index contributed by atoms with van der Waals surface area (Å²) in [4.78, 5) is 29.6. The molecule has 0 unspecified atom stereocenters. The molecule has 3 aromatic rings. The zero-order valence-corrected chi connectivity index (χ0v) is 17.1. The molecular weight excluding hydrogens is 398 g/mol. The van der Waals surface area contributed by atoms with Gasteiger partial charge in [-0.05, 0) is 31.2 Å². The second kappa shape index (κ2) is 7.74. The molecule has 1 fully saturated rings. The third-order valence-electron chi connectivity index (χ3n) is 5.15. The number of carboxylic acids is 1. The van der Waals surface area contributed by atoms with Crippen molar-refractivity contribution in [2.24, 2.45) is 0 Å². The number of aromatic nitrogens is 3. The van der Waals surface area contributed by atoms with Crippen LogP contribution in [0.5, 0.6) is 0 Å². The molecule has 158 valence electrons. The fourth-order valence-electron chi connectivity index (χ4n) is 3.57. The molecule has 1 amide bonds. The fourth-order valence-corrected chi connectivity index (χ4v) is 3.57. The van der Waals surface area contributed by atoms with E-state index in [1.165, 1.54) is 9.58 Å². The second-order valence-corrected chi connectivity index (χ2v) is 7.29. The summed E-state index contributed by atoms with van der Waals surface area (Å²) in [5.74, 6) is 4.44. The number of pyridine rings is 1. The lowest BCUT2D eigenvalue weighted by Gasteiger charge is -2.13. The van der Waals surface area contributed by atoms with E-state index in [4.69, 9.17) is 0 Å². The molecule has 1 aliphatic heterocycles. The van der Waals surface area contributed by atoms with E-state index in [0.717, 1.165) is 0 Å². The summed E-state index contributed by atoms with van der Waals surface area (Å²) in [5, 5.41) is 27.9. The Balaban J connectivity index is 1.79. The van der Waals surface area contributed by atoms with Gasteiger partial charge in [0.1, 0.15) is 5.82 Å². The molecule has 9 nitrogen and oxygen atoms in total. The number of aromatic carboxylic acids is 1. The van der Waals surface area contributed by atoms with Gasteiger partial charge in [-0.25, -0.2) is 14.5 Å². The van der Waals surface area contributed by atoms with Gasteiger partial charge < -0.3 is 20.4 Å². The van der Waals surface area contributed by atoms with E-state index in [9.17, 15) is 19.8 Å². The quantitative estimate of drug-likeness (QED) is 0.548. The predicted molar refractivity (Wildman–Crippen MR) is 114 cm³/mol. The number of amides is 1. The number of carbonyl (C=O) groups excluding carboxylic acids is 1. The zero-order chi connectivity index (χ0) is 22.2. The van der Waals surface area contributed by atoms with Crippen molar-refractivity contribution in [1.82, 2.24) is 19.7 Å². The molecule has 9 heteroatoms. The van der Waals surface area contributed by atoms with Crippen LogP contribution < -0.4 is 5.32 Å². The number of aliphatic hydroxyl groups is 1. The Morgan fingerprint density at radius 1 is 1.35 bits per heavy atom. The zero-order valence-electron chi connectivity index (χ0n) is 17.1. The van der Waals surface area contributed by atoms with Crippen molar-refractivity contribution in [2.75, 3.05) is 25.5 Å². The first-order valence-electron chi connectivity index (χ1n) is 9.80. The van der Waals surface area contributed by atoms with Crippen molar-refractivity contribution in [2.45, 2.75) is 18.9 Å². The number of fused-ring (bicyclic) bond motifs is 1. The Hall–Kier alpha value is -3.90. The molecule has 1 saturated heterocycles. The second-order valence-electron chi connectivity index (χ2n) is 7.29. The first-order valence-corrected chi connectivity index (χ1v) is 9.80. The highest BCUT2D eigenvalue weighted by Crippen LogP contribution is 2.28. The Labute approximate surface area is 178 Å². The largest absolute Gasteiger partial charge is 0.476 e.